The molecule has 0 bridgehead atoms. The number of hydrogen-bond acceptors (Lipinski definition) is 8. The number of rotatable bonds is 40. The summed E-state index contributed by atoms with van der Waals surface area (Å²) >= 11 is 0. The molecule has 0 aliphatic heterocycles. The number of unbranched alkanes of at least 4 members (excludes halogenated alkanes) is 25. The lowest BCUT2D eigenvalue weighted by Crippen LogP contribution is -2.29. The number of phosphoric ester groups is 1. The zero-order valence-electron chi connectivity index (χ0n) is 33.1. The first-order chi connectivity index (χ1) is 24.8. The molecule has 0 aliphatic rings. The van der Waals surface area contributed by atoms with E-state index in [2.05, 4.69) is 26.0 Å². The van der Waals surface area contributed by atoms with Crippen molar-refractivity contribution >= 4 is 19.8 Å². The summed E-state index contributed by atoms with van der Waals surface area (Å²) in [4.78, 5) is 34.8. The van der Waals surface area contributed by atoms with Gasteiger partial charge in [0.25, 0.3) is 0 Å². The van der Waals surface area contributed by atoms with Crippen molar-refractivity contribution in [2.45, 2.75) is 213 Å². The predicted octanol–water partition coefficient (Wildman–Crippen LogP) is 11.8. The minimum absolute atomic E-state index is 0.0558. The molecule has 3 N–H and O–H groups in total. The summed E-state index contributed by atoms with van der Waals surface area (Å²) in [6.45, 7) is 3.73. The molecular weight excluding hydrogens is 665 g/mol. The number of esters is 2. The van der Waals surface area contributed by atoms with Crippen molar-refractivity contribution in [2.24, 2.45) is 5.73 Å². The Morgan fingerprint density at radius 1 is 0.569 bits per heavy atom. The van der Waals surface area contributed by atoms with Gasteiger partial charge in [-0.05, 0) is 38.5 Å². The fourth-order valence-corrected chi connectivity index (χ4v) is 6.75. The van der Waals surface area contributed by atoms with Gasteiger partial charge in [-0.25, -0.2) is 4.57 Å². The van der Waals surface area contributed by atoms with Gasteiger partial charge < -0.3 is 20.1 Å². The molecule has 0 aromatic rings. The average Bonchev–Trinajstić information content (AvgIpc) is 3.11. The molecule has 0 aliphatic carbocycles. The SMILES string of the molecule is CCCCCCCC/C=C/CCCCCCCCCCCC(=O)O[C@H](COC(=O)CCCCCCCCCCCCC)COP(=O)(O)OCCN. The van der Waals surface area contributed by atoms with Crippen molar-refractivity contribution in [2.75, 3.05) is 26.4 Å². The van der Waals surface area contributed by atoms with Crippen LogP contribution in [0, 0.1) is 0 Å². The highest BCUT2D eigenvalue weighted by Gasteiger charge is 2.26. The monoisotopic (exact) mass is 746 g/mol. The van der Waals surface area contributed by atoms with Crippen LogP contribution in [-0.2, 0) is 32.7 Å². The molecule has 0 heterocycles. The topological polar surface area (TPSA) is 134 Å². The van der Waals surface area contributed by atoms with E-state index in [4.69, 9.17) is 24.3 Å². The number of nitrogens with two attached hydrogens (primary N) is 1. The van der Waals surface area contributed by atoms with Gasteiger partial charge in [0.05, 0.1) is 13.2 Å². The van der Waals surface area contributed by atoms with Crippen molar-refractivity contribution in [3.8, 4) is 0 Å². The van der Waals surface area contributed by atoms with E-state index < -0.39 is 26.5 Å². The smallest absolute Gasteiger partial charge is 0.462 e. The van der Waals surface area contributed by atoms with E-state index in [-0.39, 0.29) is 38.6 Å². The van der Waals surface area contributed by atoms with Crippen LogP contribution >= 0.6 is 7.82 Å². The second-order valence-electron chi connectivity index (χ2n) is 14.2. The van der Waals surface area contributed by atoms with E-state index >= 15 is 0 Å². The summed E-state index contributed by atoms with van der Waals surface area (Å²) < 4.78 is 32.7. The number of hydrogen-bond donors (Lipinski definition) is 2. The highest BCUT2D eigenvalue weighted by Crippen LogP contribution is 2.43. The minimum atomic E-state index is -4.37. The van der Waals surface area contributed by atoms with Crippen molar-refractivity contribution in [1.29, 1.82) is 0 Å². The standard InChI is InChI=1S/C41H80NO8P/c1-3-5-7-9-11-13-15-16-17-18-19-20-21-22-24-26-28-30-32-34-41(44)50-39(38-49-51(45,46)48-36-35-42)37-47-40(43)33-31-29-27-25-23-14-12-10-8-6-4-2/h16-17,39H,3-15,18-38,42H2,1-2H3,(H,45,46)/b17-16+/t39-/m1/s1. The number of phosphoric acid groups is 1. The Labute approximate surface area is 313 Å². The summed E-state index contributed by atoms with van der Waals surface area (Å²) in [6.07, 6.45) is 38.1. The maximum absolute atomic E-state index is 12.6. The molecule has 302 valence electrons. The maximum Gasteiger partial charge on any atom is 0.472 e. The molecule has 2 atom stereocenters. The van der Waals surface area contributed by atoms with Crippen LogP contribution in [0.2, 0.25) is 0 Å². The highest BCUT2D eigenvalue weighted by atomic mass is 31.2. The molecule has 51 heavy (non-hydrogen) atoms. The molecule has 10 heteroatoms. The number of carbonyl (C=O) groups excluding carboxylic acids is 2. The third-order valence-corrected chi connectivity index (χ3v) is 10.1. The first kappa shape index (κ1) is 49.8. The maximum atomic E-state index is 12.6. The lowest BCUT2D eigenvalue weighted by Gasteiger charge is -2.19. The Bertz CT molecular complexity index is 856. The second kappa shape index (κ2) is 38.5. The second-order valence-corrected chi connectivity index (χ2v) is 15.7. The summed E-state index contributed by atoms with van der Waals surface area (Å²) in [5.74, 6) is -0.823. The van der Waals surface area contributed by atoms with Gasteiger partial charge in [-0.3, -0.25) is 18.6 Å². The Hall–Kier alpha value is -1.25. The van der Waals surface area contributed by atoms with E-state index in [0.29, 0.717) is 6.42 Å². The van der Waals surface area contributed by atoms with E-state index in [9.17, 15) is 19.0 Å². The molecule has 0 aromatic carbocycles. The zero-order valence-corrected chi connectivity index (χ0v) is 34.0. The molecule has 0 radical (unpaired) electrons. The molecule has 0 amide bonds. The van der Waals surface area contributed by atoms with Crippen molar-refractivity contribution in [3.63, 3.8) is 0 Å². The summed E-state index contributed by atoms with van der Waals surface area (Å²) in [5, 5.41) is 0. The Balaban J connectivity index is 4.11. The third kappa shape index (κ3) is 38.3. The van der Waals surface area contributed by atoms with Crippen molar-refractivity contribution < 1.29 is 37.6 Å². The van der Waals surface area contributed by atoms with Crippen LogP contribution in [0.3, 0.4) is 0 Å². The van der Waals surface area contributed by atoms with Crippen LogP contribution in [0.25, 0.3) is 0 Å². The van der Waals surface area contributed by atoms with Crippen LogP contribution in [0.1, 0.15) is 206 Å². The molecule has 0 fully saturated rings. The Morgan fingerprint density at radius 3 is 1.39 bits per heavy atom. The molecular formula is C41H80NO8P. The summed E-state index contributed by atoms with van der Waals surface area (Å²) in [5.41, 5.74) is 5.34. The fourth-order valence-electron chi connectivity index (χ4n) is 5.98. The summed E-state index contributed by atoms with van der Waals surface area (Å²) in [7, 11) is -4.37. The van der Waals surface area contributed by atoms with E-state index in [1.165, 1.54) is 135 Å². The van der Waals surface area contributed by atoms with Crippen LogP contribution in [0.4, 0.5) is 0 Å². The van der Waals surface area contributed by atoms with Crippen LogP contribution < -0.4 is 5.73 Å². The van der Waals surface area contributed by atoms with E-state index in [1.807, 2.05) is 0 Å². The number of allylic oxidation sites excluding steroid dienone is 2. The lowest BCUT2D eigenvalue weighted by molar-refractivity contribution is -0.161. The van der Waals surface area contributed by atoms with E-state index in [0.717, 1.165) is 38.5 Å². The van der Waals surface area contributed by atoms with Gasteiger partial charge in [-0.2, -0.15) is 0 Å². The van der Waals surface area contributed by atoms with Crippen LogP contribution in [0.5, 0.6) is 0 Å². The van der Waals surface area contributed by atoms with E-state index in [1.54, 1.807) is 0 Å². The molecule has 0 rings (SSSR count). The molecule has 9 nitrogen and oxygen atoms in total. The largest absolute Gasteiger partial charge is 0.472 e. The van der Waals surface area contributed by atoms with Gasteiger partial charge in [-0.15, -0.1) is 0 Å². The quantitative estimate of drug-likeness (QED) is 0.0272. The average molecular weight is 746 g/mol. The Kier molecular flexibility index (Phi) is 37.5. The van der Waals surface area contributed by atoms with Crippen molar-refractivity contribution in [1.82, 2.24) is 0 Å². The third-order valence-electron chi connectivity index (χ3n) is 9.15. The highest BCUT2D eigenvalue weighted by molar-refractivity contribution is 7.47. The van der Waals surface area contributed by atoms with Gasteiger partial charge >= 0.3 is 19.8 Å². The molecule has 1 unspecified atom stereocenters. The summed E-state index contributed by atoms with van der Waals surface area (Å²) in [6, 6.07) is 0. The molecule has 0 saturated heterocycles. The number of carbonyl (C=O) groups is 2. The predicted molar refractivity (Wildman–Crippen MR) is 211 cm³/mol. The van der Waals surface area contributed by atoms with Gasteiger partial charge in [0, 0.05) is 19.4 Å². The normalized spacial score (nSPS) is 13.4. The van der Waals surface area contributed by atoms with Gasteiger partial charge in [0.2, 0.25) is 0 Å². The van der Waals surface area contributed by atoms with Crippen LogP contribution in [0.15, 0.2) is 12.2 Å². The van der Waals surface area contributed by atoms with Gasteiger partial charge in [0.1, 0.15) is 6.61 Å². The molecule has 0 aromatic heterocycles. The Morgan fingerprint density at radius 2 is 0.961 bits per heavy atom. The minimum Gasteiger partial charge on any atom is -0.462 e. The van der Waals surface area contributed by atoms with Gasteiger partial charge in [0.15, 0.2) is 6.10 Å². The molecule has 0 saturated carbocycles. The molecule has 0 spiro atoms. The first-order valence-electron chi connectivity index (χ1n) is 21.2. The number of ether oxygens (including phenoxy) is 2. The van der Waals surface area contributed by atoms with Crippen molar-refractivity contribution in [3.05, 3.63) is 12.2 Å². The first-order valence-corrected chi connectivity index (χ1v) is 22.7. The fraction of sp³-hybridized carbons (Fsp3) is 0.902. The van der Waals surface area contributed by atoms with Gasteiger partial charge in [-0.1, -0.05) is 167 Å². The van der Waals surface area contributed by atoms with Crippen LogP contribution in [-0.4, -0.2) is 49.3 Å². The zero-order chi connectivity index (χ0) is 37.5. The lowest BCUT2D eigenvalue weighted by atomic mass is 10.1.